The van der Waals surface area contributed by atoms with Crippen molar-refractivity contribution >= 4 is 17.5 Å². The van der Waals surface area contributed by atoms with E-state index < -0.39 is 0 Å². The van der Waals surface area contributed by atoms with Crippen LogP contribution in [0.2, 0.25) is 5.02 Å². The fourth-order valence-corrected chi connectivity index (χ4v) is 3.63. The van der Waals surface area contributed by atoms with Crippen LogP contribution in [-0.2, 0) is 4.79 Å². The molecular weight excluding hydrogens is 334 g/mol. The number of nitrogens with zero attached hydrogens (tertiary/aromatic N) is 2. The fourth-order valence-electron chi connectivity index (χ4n) is 3.37. The molecule has 0 radical (unpaired) electrons. The average molecular weight is 364 g/mol. The molecule has 0 aromatic heterocycles. The quantitative estimate of drug-likeness (QED) is 0.682. The summed E-state index contributed by atoms with van der Waals surface area (Å²) in [4.78, 5) is 16.9. The normalized spacial score (nSPS) is 16.2. The maximum atomic E-state index is 12.4. The molecule has 0 spiro atoms. The van der Waals surface area contributed by atoms with E-state index in [-0.39, 0.29) is 11.9 Å². The molecule has 1 heterocycles. The van der Waals surface area contributed by atoms with E-state index in [0.29, 0.717) is 13.1 Å². The number of halogens is 1. The van der Waals surface area contributed by atoms with Crippen molar-refractivity contribution in [1.82, 2.24) is 15.1 Å². The lowest BCUT2D eigenvalue weighted by Gasteiger charge is -2.29. The maximum absolute atomic E-state index is 12.4. The molecule has 1 aromatic carbocycles. The third-order valence-electron chi connectivity index (χ3n) is 4.65. The van der Waals surface area contributed by atoms with Crippen LogP contribution in [0.5, 0.6) is 0 Å². The molecule has 1 aromatic rings. The number of hydrogen-bond donors (Lipinski definition) is 1. The van der Waals surface area contributed by atoms with E-state index in [1.54, 1.807) is 0 Å². The molecule has 1 amide bonds. The molecule has 0 saturated carbocycles. The van der Waals surface area contributed by atoms with Gasteiger partial charge in [0.15, 0.2) is 0 Å². The molecule has 0 bridgehead atoms. The summed E-state index contributed by atoms with van der Waals surface area (Å²) in [5.41, 5.74) is 2.17. The second-order valence-electron chi connectivity index (χ2n) is 6.84. The summed E-state index contributed by atoms with van der Waals surface area (Å²) in [6.07, 6.45) is 2.41. The lowest BCUT2D eigenvalue weighted by atomic mass is 10.1. The Bertz CT molecular complexity index is 584. The zero-order valence-corrected chi connectivity index (χ0v) is 16.2. The molecule has 1 N–H and O–H groups in total. The molecule has 5 heteroatoms. The van der Waals surface area contributed by atoms with Crippen LogP contribution in [0.1, 0.15) is 38.3 Å². The van der Waals surface area contributed by atoms with Gasteiger partial charge < -0.3 is 5.32 Å². The molecule has 1 fully saturated rings. The van der Waals surface area contributed by atoms with Crippen molar-refractivity contribution < 1.29 is 4.79 Å². The van der Waals surface area contributed by atoms with Gasteiger partial charge in [0.2, 0.25) is 5.91 Å². The van der Waals surface area contributed by atoms with Gasteiger partial charge in [0.1, 0.15) is 0 Å². The van der Waals surface area contributed by atoms with Gasteiger partial charge in [-0.1, -0.05) is 48.9 Å². The van der Waals surface area contributed by atoms with Gasteiger partial charge in [-0.25, -0.2) is 0 Å². The Labute approximate surface area is 156 Å². The summed E-state index contributed by atoms with van der Waals surface area (Å²) in [6, 6.07) is 8.08. The fraction of sp³-hybridized carbons (Fsp3) is 0.550. The van der Waals surface area contributed by atoms with Crippen LogP contribution in [-0.4, -0.2) is 55.0 Å². The molecule has 2 rings (SSSR count). The van der Waals surface area contributed by atoms with Gasteiger partial charge in [-0.05, 0) is 51.0 Å². The number of likely N-dealkylation sites (tertiary alicyclic amines) is 1. The smallest absolute Gasteiger partial charge is 0.234 e. The van der Waals surface area contributed by atoms with Gasteiger partial charge in [-0.2, -0.15) is 0 Å². The van der Waals surface area contributed by atoms with E-state index in [1.807, 2.05) is 25.1 Å². The number of nitrogens with one attached hydrogen (secondary N) is 1. The molecule has 1 unspecified atom stereocenters. The number of amides is 1. The van der Waals surface area contributed by atoms with Gasteiger partial charge in [-0.3, -0.25) is 14.6 Å². The standard InChI is InChI=1S/C20H30ClN3O/c1-4-23(14-16(2)3)15-20(25)22-13-19(24-11-7-8-12-24)17-9-5-6-10-18(17)21/h5-6,9-10,19H,2,4,7-8,11-15H2,1,3H3,(H,22,25). The number of rotatable bonds is 9. The van der Waals surface area contributed by atoms with Crippen LogP contribution in [0.3, 0.4) is 0 Å². The predicted molar refractivity (Wildman–Crippen MR) is 105 cm³/mol. The highest BCUT2D eigenvalue weighted by Gasteiger charge is 2.25. The van der Waals surface area contributed by atoms with Gasteiger partial charge in [0.25, 0.3) is 0 Å². The third kappa shape index (κ3) is 6.14. The molecule has 138 valence electrons. The lowest BCUT2D eigenvalue weighted by Crippen LogP contribution is -2.42. The Morgan fingerprint density at radius 1 is 1.32 bits per heavy atom. The van der Waals surface area contributed by atoms with Crippen molar-refractivity contribution in [2.75, 3.05) is 39.3 Å². The highest BCUT2D eigenvalue weighted by atomic mass is 35.5. The second-order valence-corrected chi connectivity index (χ2v) is 7.25. The average Bonchev–Trinajstić information content (AvgIpc) is 3.10. The lowest BCUT2D eigenvalue weighted by molar-refractivity contribution is -0.122. The zero-order valence-electron chi connectivity index (χ0n) is 15.4. The molecule has 25 heavy (non-hydrogen) atoms. The van der Waals surface area contributed by atoms with Gasteiger partial charge >= 0.3 is 0 Å². The van der Waals surface area contributed by atoms with E-state index in [0.717, 1.165) is 42.3 Å². The van der Waals surface area contributed by atoms with E-state index >= 15 is 0 Å². The minimum absolute atomic E-state index is 0.0550. The monoisotopic (exact) mass is 363 g/mol. The summed E-state index contributed by atoms with van der Waals surface area (Å²) >= 11 is 6.42. The first-order valence-corrected chi connectivity index (χ1v) is 9.51. The van der Waals surface area contributed by atoms with E-state index in [4.69, 9.17) is 11.6 Å². The number of carbonyl (C=O) groups excluding carboxylic acids is 1. The Hall–Kier alpha value is -1.36. The summed E-state index contributed by atoms with van der Waals surface area (Å²) in [6.45, 7) is 12.7. The second kappa shape index (κ2) is 9.95. The molecule has 1 aliphatic rings. The van der Waals surface area contributed by atoms with Crippen LogP contribution in [0.25, 0.3) is 0 Å². The van der Waals surface area contributed by atoms with Crippen LogP contribution < -0.4 is 5.32 Å². The van der Waals surface area contributed by atoms with Crippen molar-refractivity contribution in [3.8, 4) is 0 Å². The summed E-state index contributed by atoms with van der Waals surface area (Å²) < 4.78 is 0. The maximum Gasteiger partial charge on any atom is 0.234 e. The van der Waals surface area contributed by atoms with Crippen molar-refractivity contribution in [3.63, 3.8) is 0 Å². The number of likely N-dealkylation sites (N-methyl/N-ethyl adjacent to an activating group) is 1. The van der Waals surface area contributed by atoms with Crippen molar-refractivity contribution in [1.29, 1.82) is 0 Å². The Kier molecular flexibility index (Phi) is 7.94. The van der Waals surface area contributed by atoms with E-state index in [2.05, 4.69) is 34.7 Å². The van der Waals surface area contributed by atoms with Crippen molar-refractivity contribution in [2.45, 2.75) is 32.7 Å². The van der Waals surface area contributed by atoms with Crippen molar-refractivity contribution in [3.05, 3.63) is 47.0 Å². The zero-order chi connectivity index (χ0) is 18.2. The van der Waals surface area contributed by atoms with Crippen LogP contribution in [0.4, 0.5) is 0 Å². The Morgan fingerprint density at radius 3 is 2.60 bits per heavy atom. The first-order valence-electron chi connectivity index (χ1n) is 9.13. The Morgan fingerprint density at radius 2 is 2.00 bits per heavy atom. The minimum Gasteiger partial charge on any atom is -0.353 e. The Balaban J connectivity index is 1.99. The molecule has 4 nitrogen and oxygen atoms in total. The number of benzene rings is 1. The number of hydrogen-bond acceptors (Lipinski definition) is 3. The molecule has 0 aliphatic carbocycles. The summed E-state index contributed by atoms with van der Waals surface area (Å²) in [5, 5.41) is 3.88. The first kappa shape index (κ1) is 20.0. The molecule has 1 aliphatic heterocycles. The van der Waals surface area contributed by atoms with Gasteiger partial charge in [0.05, 0.1) is 12.6 Å². The van der Waals surface area contributed by atoms with Crippen LogP contribution >= 0.6 is 11.6 Å². The van der Waals surface area contributed by atoms with E-state index in [1.165, 1.54) is 12.8 Å². The molecule has 1 atom stereocenters. The minimum atomic E-state index is 0.0550. The van der Waals surface area contributed by atoms with Crippen LogP contribution in [0.15, 0.2) is 36.4 Å². The predicted octanol–water partition coefficient (Wildman–Crippen LogP) is 3.49. The summed E-state index contributed by atoms with van der Waals surface area (Å²) in [5.74, 6) is 0.0550. The highest BCUT2D eigenvalue weighted by Crippen LogP contribution is 2.29. The van der Waals surface area contributed by atoms with E-state index in [9.17, 15) is 4.79 Å². The summed E-state index contributed by atoms with van der Waals surface area (Å²) in [7, 11) is 0. The first-order chi connectivity index (χ1) is 12.0. The number of carbonyl (C=O) groups is 1. The molecule has 1 saturated heterocycles. The van der Waals surface area contributed by atoms with Crippen LogP contribution in [0, 0.1) is 0 Å². The molecular formula is C20H30ClN3O. The van der Waals surface area contributed by atoms with Gasteiger partial charge in [-0.15, -0.1) is 0 Å². The van der Waals surface area contributed by atoms with Gasteiger partial charge in [0, 0.05) is 18.1 Å². The largest absolute Gasteiger partial charge is 0.353 e. The van der Waals surface area contributed by atoms with Crippen molar-refractivity contribution in [2.24, 2.45) is 0 Å². The topological polar surface area (TPSA) is 35.6 Å². The highest BCUT2D eigenvalue weighted by molar-refractivity contribution is 6.31. The SMILES string of the molecule is C=C(C)CN(CC)CC(=O)NCC(c1ccccc1Cl)N1CCCC1. The third-order valence-corrected chi connectivity index (χ3v) is 4.99.